The maximum Gasteiger partial charge on any atom is 0.262 e. The fourth-order valence-electron chi connectivity index (χ4n) is 2.11. The third-order valence-corrected chi connectivity index (χ3v) is 4.08. The van der Waals surface area contributed by atoms with Crippen molar-refractivity contribution >= 4 is 33.4 Å². The first kappa shape index (κ1) is 19.0. The second-order valence-corrected chi connectivity index (χ2v) is 6.69. The van der Waals surface area contributed by atoms with Crippen LogP contribution in [0.3, 0.4) is 0 Å². The van der Waals surface area contributed by atoms with E-state index in [0.717, 1.165) is 10.0 Å². The molecule has 0 saturated heterocycles. The van der Waals surface area contributed by atoms with Crippen molar-refractivity contribution < 1.29 is 14.3 Å². The zero-order chi connectivity index (χ0) is 18.2. The van der Waals surface area contributed by atoms with E-state index in [-0.39, 0.29) is 18.4 Å². The summed E-state index contributed by atoms with van der Waals surface area (Å²) in [6, 6.07) is 14.8. The van der Waals surface area contributed by atoms with Gasteiger partial charge in [0.2, 0.25) is 5.91 Å². The summed E-state index contributed by atoms with van der Waals surface area (Å²) in [6.45, 7) is -0.0548. The molecule has 0 unspecified atom stereocenters. The molecular weight excluding hydrogens is 384 g/mol. The Kier molecular flexibility index (Phi) is 7.01. The van der Waals surface area contributed by atoms with Crippen molar-refractivity contribution in [3.05, 3.63) is 58.6 Å². The van der Waals surface area contributed by atoms with Crippen molar-refractivity contribution in [2.45, 2.75) is 12.8 Å². The standard InChI is InChI=1S/C19H21BrN2O3/c1-22(2)19(24)12-5-14-3-8-16(9-4-14)21-18(23)13-25-17-10-6-15(20)7-11-17/h3-4,6-11H,5,12-13H2,1-2H3,(H,21,23). The normalized spacial score (nSPS) is 10.2. The van der Waals surface area contributed by atoms with Crippen LogP contribution in [-0.4, -0.2) is 37.4 Å². The van der Waals surface area contributed by atoms with Gasteiger partial charge in [0.25, 0.3) is 5.91 Å². The maximum atomic E-state index is 11.9. The van der Waals surface area contributed by atoms with Gasteiger partial charge in [0.05, 0.1) is 0 Å². The van der Waals surface area contributed by atoms with Gasteiger partial charge in [-0.25, -0.2) is 0 Å². The molecule has 6 heteroatoms. The number of amides is 2. The number of ether oxygens (including phenoxy) is 1. The number of rotatable bonds is 7. The first-order valence-electron chi connectivity index (χ1n) is 7.91. The lowest BCUT2D eigenvalue weighted by Crippen LogP contribution is -2.21. The van der Waals surface area contributed by atoms with Crippen molar-refractivity contribution in [1.29, 1.82) is 0 Å². The van der Waals surface area contributed by atoms with E-state index < -0.39 is 0 Å². The molecule has 0 aromatic heterocycles. The van der Waals surface area contributed by atoms with Gasteiger partial charge in [0.15, 0.2) is 6.61 Å². The van der Waals surface area contributed by atoms with E-state index in [4.69, 9.17) is 4.74 Å². The molecule has 2 amide bonds. The Morgan fingerprint density at radius 1 is 1.04 bits per heavy atom. The number of anilines is 1. The molecule has 0 aliphatic carbocycles. The highest BCUT2D eigenvalue weighted by atomic mass is 79.9. The Morgan fingerprint density at radius 2 is 1.68 bits per heavy atom. The first-order chi connectivity index (χ1) is 11.9. The van der Waals surface area contributed by atoms with Crippen molar-refractivity contribution in [3.8, 4) is 5.75 Å². The van der Waals surface area contributed by atoms with Gasteiger partial charge in [-0.2, -0.15) is 0 Å². The van der Waals surface area contributed by atoms with Crippen LogP contribution in [0.5, 0.6) is 5.75 Å². The van der Waals surface area contributed by atoms with E-state index >= 15 is 0 Å². The Labute approximate surface area is 156 Å². The van der Waals surface area contributed by atoms with Crippen LogP contribution >= 0.6 is 15.9 Å². The molecule has 1 N–H and O–H groups in total. The average molecular weight is 405 g/mol. The summed E-state index contributed by atoms with van der Waals surface area (Å²) in [5.74, 6) is 0.514. The highest BCUT2D eigenvalue weighted by molar-refractivity contribution is 9.10. The number of nitrogens with one attached hydrogen (secondary N) is 1. The van der Waals surface area contributed by atoms with E-state index in [2.05, 4.69) is 21.2 Å². The lowest BCUT2D eigenvalue weighted by atomic mass is 10.1. The number of hydrogen-bond donors (Lipinski definition) is 1. The zero-order valence-electron chi connectivity index (χ0n) is 14.3. The van der Waals surface area contributed by atoms with Crippen LogP contribution in [0.15, 0.2) is 53.0 Å². The number of hydrogen-bond acceptors (Lipinski definition) is 3. The van der Waals surface area contributed by atoms with E-state index in [1.54, 1.807) is 31.1 Å². The summed E-state index contributed by atoms with van der Waals surface area (Å²) in [4.78, 5) is 25.1. The lowest BCUT2D eigenvalue weighted by molar-refractivity contribution is -0.128. The minimum Gasteiger partial charge on any atom is -0.484 e. The Balaban J connectivity index is 1.78. The van der Waals surface area contributed by atoms with Crippen LogP contribution in [0.4, 0.5) is 5.69 Å². The Hall–Kier alpha value is -2.34. The molecule has 25 heavy (non-hydrogen) atoms. The predicted molar refractivity (Wildman–Crippen MR) is 102 cm³/mol. The van der Waals surface area contributed by atoms with Gasteiger partial charge in [-0.05, 0) is 48.4 Å². The van der Waals surface area contributed by atoms with Crippen LogP contribution in [-0.2, 0) is 16.0 Å². The fraction of sp³-hybridized carbons (Fsp3) is 0.263. The maximum absolute atomic E-state index is 11.9. The minimum atomic E-state index is -0.224. The Bertz CT molecular complexity index is 712. The van der Waals surface area contributed by atoms with Gasteiger partial charge in [-0.15, -0.1) is 0 Å². The van der Waals surface area contributed by atoms with Crippen LogP contribution in [0.1, 0.15) is 12.0 Å². The van der Waals surface area contributed by atoms with E-state index in [1.807, 2.05) is 36.4 Å². The second-order valence-electron chi connectivity index (χ2n) is 5.78. The third kappa shape index (κ3) is 6.58. The summed E-state index contributed by atoms with van der Waals surface area (Å²) in [5, 5.41) is 2.79. The fourth-order valence-corrected chi connectivity index (χ4v) is 2.37. The number of halogens is 1. The van der Waals surface area contributed by atoms with Gasteiger partial charge in [0, 0.05) is 30.7 Å². The van der Waals surface area contributed by atoms with Crippen LogP contribution in [0, 0.1) is 0 Å². The molecule has 5 nitrogen and oxygen atoms in total. The molecule has 0 heterocycles. The lowest BCUT2D eigenvalue weighted by Gasteiger charge is -2.10. The van der Waals surface area contributed by atoms with E-state index in [0.29, 0.717) is 24.3 Å². The molecule has 0 radical (unpaired) electrons. The SMILES string of the molecule is CN(C)C(=O)CCc1ccc(NC(=O)COc2ccc(Br)cc2)cc1. The van der Waals surface area contributed by atoms with E-state index in [9.17, 15) is 9.59 Å². The van der Waals surface area contributed by atoms with Crippen LogP contribution < -0.4 is 10.1 Å². The molecule has 0 saturated carbocycles. The van der Waals surface area contributed by atoms with Crippen LogP contribution in [0.25, 0.3) is 0 Å². The largest absolute Gasteiger partial charge is 0.484 e. The minimum absolute atomic E-state index is 0.0548. The number of nitrogens with zero attached hydrogens (tertiary/aromatic N) is 1. The molecule has 132 valence electrons. The highest BCUT2D eigenvalue weighted by Gasteiger charge is 2.06. The molecule has 0 aliphatic rings. The third-order valence-electron chi connectivity index (χ3n) is 3.55. The molecule has 0 atom stereocenters. The number of carbonyl (C=O) groups is 2. The summed E-state index contributed by atoms with van der Waals surface area (Å²) in [7, 11) is 3.49. The van der Waals surface area contributed by atoms with E-state index in [1.165, 1.54) is 0 Å². The molecule has 2 rings (SSSR count). The predicted octanol–water partition coefficient (Wildman–Crippen LogP) is 3.49. The Morgan fingerprint density at radius 3 is 2.28 bits per heavy atom. The first-order valence-corrected chi connectivity index (χ1v) is 8.70. The van der Waals surface area contributed by atoms with Gasteiger partial charge in [-0.3, -0.25) is 9.59 Å². The molecule has 0 bridgehead atoms. The molecule has 2 aromatic carbocycles. The van der Waals surface area contributed by atoms with Crippen molar-refractivity contribution in [2.75, 3.05) is 26.0 Å². The quantitative estimate of drug-likeness (QED) is 0.768. The monoisotopic (exact) mass is 404 g/mol. The topological polar surface area (TPSA) is 58.6 Å². The summed E-state index contributed by atoms with van der Waals surface area (Å²) < 4.78 is 6.39. The van der Waals surface area contributed by atoms with Gasteiger partial charge in [-0.1, -0.05) is 28.1 Å². The number of aryl methyl sites for hydroxylation is 1. The van der Waals surface area contributed by atoms with Crippen molar-refractivity contribution in [3.63, 3.8) is 0 Å². The highest BCUT2D eigenvalue weighted by Crippen LogP contribution is 2.16. The smallest absolute Gasteiger partial charge is 0.262 e. The zero-order valence-corrected chi connectivity index (χ0v) is 15.9. The summed E-state index contributed by atoms with van der Waals surface area (Å²) >= 11 is 3.35. The second kappa shape index (κ2) is 9.22. The van der Waals surface area contributed by atoms with Crippen molar-refractivity contribution in [1.82, 2.24) is 4.90 Å². The van der Waals surface area contributed by atoms with Gasteiger partial charge >= 0.3 is 0 Å². The average Bonchev–Trinajstić information content (AvgIpc) is 2.60. The number of benzene rings is 2. The molecular formula is C19H21BrN2O3. The van der Waals surface area contributed by atoms with Crippen LogP contribution in [0.2, 0.25) is 0 Å². The molecule has 0 aliphatic heterocycles. The molecule has 0 spiro atoms. The molecule has 2 aromatic rings. The molecule has 0 fully saturated rings. The summed E-state index contributed by atoms with van der Waals surface area (Å²) in [6.07, 6.45) is 1.15. The van der Waals surface area contributed by atoms with Crippen molar-refractivity contribution in [2.24, 2.45) is 0 Å². The van der Waals surface area contributed by atoms with Gasteiger partial charge < -0.3 is 15.0 Å². The summed E-state index contributed by atoms with van der Waals surface area (Å²) in [5.41, 5.74) is 1.76. The number of carbonyl (C=O) groups excluding carboxylic acids is 2. The van der Waals surface area contributed by atoms with Gasteiger partial charge in [0.1, 0.15) is 5.75 Å².